The number of benzene rings is 2. The minimum Gasteiger partial charge on any atom is -0.497 e. The van der Waals surface area contributed by atoms with Crippen molar-refractivity contribution in [1.29, 1.82) is 0 Å². The molecule has 3 nitrogen and oxygen atoms in total. The summed E-state index contributed by atoms with van der Waals surface area (Å²) >= 11 is 0. The average molecular weight is 273 g/mol. The topological polar surface area (TPSA) is 44.5 Å². The van der Waals surface area contributed by atoms with Crippen molar-refractivity contribution in [2.45, 2.75) is 12.0 Å². The standard InChI is InChI=1S/C16H16FNO2/c1-19-10-6-7-12(14(17)8-10)16(18)13-9-20-15-5-3-2-4-11(13)15/h2-8,13,16H,9,18H2,1H3. The SMILES string of the molecule is COc1ccc(C(N)C2COc3ccccc32)c(F)c1. The predicted octanol–water partition coefficient (Wildman–Crippen LogP) is 3.01. The van der Waals surface area contributed by atoms with Gasteiger partial charge in [-0.1, -0.05) is 24.3 Å². The van der Waals surface area contributed by atoms with E-state index >= 15 is 0 Å². The van der Waals surface area contributed by atoms with Crippen LogP contribution in [0.2, 0.25) is 0 Å². The molecular formula is C16H16FNO2. The minimum absolute atomic E-state index is 0.0332. The lowest BCUT2D eigenvalue weighted by Gasteiger charge is -2.19. The molecule has 2 aromatic rings. The van der Waals surface area contributed by atoms with Gasteiger partial charge in [0.2, 0.25) is 0 Å². The minimum atomic E-state index is -0.440. The number of hydrogen-bond donors (Lipinski definition) is 1. The largest absolute Gasteiger partial charge is 0.497 e. The quantitative estimate of drug-likeness (QED) is 0.935. The molecule has 3 rings (SSSR count). The van der Waals surface area contributed by atoms with Gasteiger partial charge in [0, 0.05) is 29.2 Å². The van der Waals surface area contributed by atoms with Crippen LogP contribution >= 0.6 is 0 Å². The van der Waals surface area contributed by atoms with Gasteiger partial charge < -0.3 is 15.2 Å². The van der Waals surface area contributed by atoms with E-state index in [2.05, 4.69) is 0 Å². The van der Waals surface area contributed by atoms with Gasteiger partial charge in [-0.25, -0.2) is 4.39 Å². The third-order valence-electron chi connectivity index (χ3n) is 3.74. The first kappa shape index (κ1) is 12.9. The molecule has 0 spiro atoms. The van der Waals surface area contributed by atoms with Gasteiger partial charge >= 0.3 is 0 Å². The van der Waals surface area contributed by atoms with E-state index in [1.807, 2.05) is 24.3 Å². The fourth-order valence-electron chi connectivity index (χ4n) is 2.61. The summed E-state index contributed by atoms with van der Waals surface area (Å²) in [5, 5.41) is 0. The van der Waals surface area contributed by atoms with Crippen LogP contribution in [0.15, 0.2) is 42.5 Å². The summed E-state index contributed by atoms with van der Waals surface area (Å²) in [5.41, 5.74) is 7.77. The van der Waals surface area contributed by atoms with E-state index in [0.29, 0.717) is 17.9 Å². The van der Waals surface area contributed by atoms with Gasteiger partial charge in [0.25, 0.3) is 0 Å². The fraction of sp³-hybridized carbons (Fsp3) is 0.250. The smallest absolute Gasteiger partial charge is 0.131 e. The highest BCUT2D eigenvalue weighted by Gasteiger charge is 2.31. The molecule has 4 heteroatoms. The molecule has 2 unspecified atom stereocenters. The van der Waals surface area contributed by atoms with Crippen LogP contribution in [0, 0.1) is 5.82 Å². The van der Waals surface area contributed by atoms with Gasteiger partial charge in [0.1, 0.15) is 17.3 Å². The first-order valence-electron chi connectivity index (χ1n) is 6.51. The first-order valence-corrected chi connectivity index (χ1v) is 6.51. The highest BCUT2D eigenvalue weighted by Crippen LogP contribution is 2.40. The number of rotatable bonds is 3. The summed E-state index contributed by atoms with van der Waals surface area (Å²) in [6.45, 7) is 0.478. The van der Waals surface area contributed by atoms with Crippen LogP contribution in [0.5, 0.6) is 11.5 Å². The van der Waals surface area contributed by atoms with E-state index in [4.69, 9.17) is 15.2 Å². The Bertz CT molecular complexity index is 630. The van der Waals surface area contributed by atoms with Crippen molar-refractivity contribution >= 4 is 0 Å². The second kappa shape index (κ2) is 5.13. The molecule has 0 saturated heterocycles. The van der Waals surface area contributed by atoms with Crippen LogP contribution in [0.3, 0.4) is 0 Å². The zero-order valence-electron chi connectivity index (χ0n) is 11.2. The Balaban J connectivity index is 1.92. The second-order valence-corrected chi connectivity index (χ2v) is 4.87. The molecule has 2 aromatic carbocycles. The monoisotopic (exact) mass is 273 g/mol. The number of hydrogen-bond acceptors (Lipinski definition) is 3. The number of nitrogens with two attached hydrogens (primary N) is 1. The lowest BCUT2D eigenvalue weighted by atomic mass is 9.89. The van der Waals surface area contributed by atoms with Crippen LogP contribution < -0.4 is 15.2 Å². The summed E-state index contributed by atoms with van der Waals surface area (Å²) in [6.07, 6.45) is 0. The molecule has 1 heterocycles. The van der Waals surface area contributed by atoms with Gasteiger partial charge in [0.15, 0.2) is 0 Å². The van der Waals surface area contributed by atoms with Crippen molar-refractivity contribution in [2.24, 2.45) is 5.73 Å². The number of methoxy groups -OCH3 is 1. The highest BCUT2D eigenvalue weighted by molar-refractivity contribution is 5.42. The van der Waals surface area contributed by atoms with Crippen molar-refractivity contribution in [3.63, 3.8) is 0 Å². The molecule has 2 N–H and O–H groups in total. The van der Waals surface area contributed by atoms with E-state index in [-0.39, 0.29) is 11.7 Å². The fourth-order valence-corrected chi connectivity index (χ4v) is 2.61. The van der Waals surface area contributed by atoms with Gasteiger partial charge in [0.05, 0.1) is 13.7 Å². The molecule has 1 aliphatic heterocycles. The van der Waals surface area contributed by atoms with Crippen LogP contribution in [-0.4, -0.2) is 13.7 Å². The Kier molecular flexibility index (Phi) is 3.32. The molecular weight excluding hydrogens is 257 g/mol. The summed E-state index contributed by atoms with van der Waals surface area (Å²) < 4.78 is 24.7. The molecule has 1 aliphatic rings. The zero-order valence-corrected chi connectivity index (χ0v) is 11.2. The van der Waals surface area contributed by atoms with Crippen molar-refractivity contribution in [3.05, 3.63) is 59.4 Å². The molecule has 0 bridgehead atoms. The molecule has 0 radical (unpaired) electrons. The number of para-hydroxylation sites is 1. The Morgan fingerprint density at radius 3 is 2.85 bits per heavy atom. The lowest BCUT2D eigenvalue weighted by Crippen LogP contribution is -2.22. The maximum absolute atomic E-state index is 14.1. The second-order valence-electron chi connectivity index (χ2n) is 4.87. The summed E-state index contributed by atoms with van der Waals surface area (Å²) in [5.74, 6) is 0.943. The van der Waals surface area contributed by atoms with Crippen LogP contribution in [-0.2, 0) is 0 Å². The molecule has 20 heavy (non-hydrogen) atoms. The predicted molar refractivity (Wildman–Crippen MR) is 74.6 cm³/mol. The lowest BCUT2D eigenvalue weighted by molar-refractivity contribution is 0.313. The van der Waals surface area contributed by atoms with Crippen molar-refractivity contribution in [2.75, 3.05) is 13.7 Å². The Morgan fingerprint density at radius 1 is 1.30 bits per heavy atom. The van der Waals surface area contributed by atoms with Gasteiger partial charge in [-0.3, -0.25) is 0 Å². The van der Waals surface area contributed by atoms with Crippen LogP contribution in [0.4, 0.5) is 4.39 Å². The molecule has 0 fully saturated rings. The maximum atomic E-state index is 14.1. The normalized spacial score (nSPS) is 18.2. The number of halogens is 1. The molecule has 0 aliphatic carbocycles. The average Bonchev–Trinajstić information content (AvgIpc) is 2.90. The zero-order chi connectivity index (χ0) is 14.1. The van der Waals surface area contributed by atoms with Gasteiger partial charge in [-0.05, 0) is 12.1 Å². The molecule has 0 amide bonds. The third-order valence-corrected chi connectivity index (χ3v) is 3.74. The van der Waals surface area contributed by atoms with Gasteiger partial charge in [-0.15, -0.1) is 0 Å². The summed E-state index contributed by atoms with van der Waals surface area (Å²) in [4.78, 5) is 0. The van der Waals surface area contributed by atoms with Crippen molar-refractivity contribution < 1.29 is 13.9 Å². The Labute approximate surface area is 117 Å². The number of fused-ring (bicyclic) bond motifs is 1. The van der Waals surface area contributed by atoms with Crippen molar-refractivity contribution in [1.82, 2.24) is 0 Å². The van der Waals surface area contributed by atoms with E-state index in [0.717, 1.165) is 11.3 Å². The molecule has 0 aromatic heterocycles. The highest BCUT2D eigenvalue weighted by atomic mass is 19.1. The van der Waals surface area contributed by atoms with E-state index in [1.165, 1.54) is 13.2 Å². The van der Waals surface area contributed by atoms with E-state index in [9.17, 15) is 4.39 Å². The number of ether oxygens (including phenoxy) is 2. The first-order chi connectivity index (χ1) is 9.70. The molecule has 0 saturated carbocycles. The summed E-state index contributed by atoms with van der Waals surface area (Å²) in [6, 6.07) is 12.1. The molecule has 104 valence electrons. The maximum Gasteiger partial charge on any atom is 0.131 e. The van der Waals surface area contributed by atoms with E-state index in [1.54, 1.807) is 12.1 Å². The third kappa shape index (κ3) is 2.12. The van der Waals surface area contributed by atoms with Crippen molar-refractivity contribution in [3.8, 4) is 11.5 Å². The van der Waals surface area contributed by atoms with E-state index < -0.39 is 6.04 Å². The molecule has 2 atom stereocenters. The Hall–Kier alpha value is -2.07. The van der Waals surface area contributed by atoms with Gasteiger partial charge in [-0.2, -0.15) is 0 Å². The van der Waals surface area contributed by atoms with Crippen LogP contribution in [0.1, 0.15) is 23.1 Å². The van der Waals surface area contributed by atoms with Crippen LogP contribution in [0.25, 0.3) is 0 Å². The Morgan fingerprint density at radius 2 is 2.10 bits per heavy atom. The summed E-state index contributed by atoms with van der Waals surface area (Å²) in [7, 11) is 1.51.